The molecule has 0 radical (unpaired) electrons. The maximum atomic E-state index is 12.1. The van der Waals surface area contributed by atoms with E-state index in [9.17, 15) is 14.4 Å². The van der Waals surface area contributed by atoms with Gasteiger partial charge in [-0.3, -0.25) is 9.59 Å². The van der Waals surface area contributed by atoms with Crippen LogP contribution in [0.25, 0.3) is 0 Å². The van der Waals surface area contributed by atoms with E-state index in [0.29, 0.717) is 5.69 Å². The Morgan fingerprint density at radius 1 is 1.13 bits per heavy atom. The van der Waals surface area contributed by atoms with Crippen LogP contribution in [0.2, 0.25) is 0 Å². The Bertz CT molecular complexity index is 788. The standard InChI is InChI=1S/C17H18N2O4/c1-11-6-12(2)8-14(7-11)18-15(20)10-19-9-13(17(22)23-3)4-5-16(19)21/h4-9H,10H2,1-3H3,(H,18,20). The summed E-state index contributed by atoms with van der Waals surface area (Å²) in [4.78, 5) is 35.4. The normalized spacial score (nSPS) is 10.2. The number of nitrogens with one attached hydrogen (secondary N) is 1. The molecule has 1 aromatic carbocycles. The molecule has 120 valence electrons. The number of aryl methyl sites for hydroxylation is 2. The predicted molar refractivity (Wildman–Crippen MR) is 86.6 cm³/mol. The van der Waals surface area contributed by atoms with Crippen LogP contribution in [0.5, 0.6) is 0 Å². The molecule has 1 N–H and O–H groups in total. The molecule has 0 saturated heterocycles. The SMILES string of the molecule is COC(=O)c1ccc(=O)n(CC(=O)Nc2cc(C)cc(C)c2)c1. The largest absolute Gasteiger partial charge is 0.465 e. The number of ether oxygens (including phenoxy) is 1. The topological polar surface area (TPSA) is 77.4 Å². The van der Waals surface area contributed by atoms with Crippen molar-refractivity contribution in [2.75, 3.05) is 12.4 Å². The highest BCUT2D eigenvalue weighted by atomic mass is 16.5. The van der Waals surface area contributed by atoms with Crippen molar-refractivity contribution >= 4 is 17.6 Å². The van der Waals surface area contributed by atoms with Gasteiger partial charge in [0.05, 0.1) is 12.7 Å². The van der Waals surface area contributed by atoms with Gasteiger partial charge < -0.3 is 14.6 Å². The van der Waals surface area contributed by atoms with Gasteiger partial charge >= 0.3 is 5.97 Å². The van der Waals surface area contributed by atoms with Crippen LogP contribution < -0.4 is 10.9 Å². The number of carbonyl (C=O) groups is 2. The first-order valence-electron chi connectivity index (χ1n) is 7.06. The number of methoxy groups -OCH3 is 1. The quantitative estimate of drug-likeness (QED) is 0.874. The zero-order valence-corrected chi connectivity index (χ0v) is 13.3. The monoisotopic (exact) mass is 314 g/mol. The van der Waals surface area contributed by atoms with Gasteiger partial charge in [-0.2, -0.15) is 0 Å². The second-order valence-corrected chi connectivity index (χ2v) is 5.30. The molecule has 0 aliphatic rings. The minimum atomic E-state index is -0.562. The molecule has 0 spiro atoms. The van der Waals surface area contributed by atoms with Crippen molar-refractivity contribution < 1.29 is 14.3 Å². The number of benzene rings is 1. The van der Waals surface area contributed by atoms with E-state index < -0.39 is 5.97 Å². The maximum Gasteiger partial charge on any atom is 0.339 e. The summed E-state index contributed by atoms with van der Waals surface area (Å²) in [6.07, 6.45) is 1.31. The molecule has 1 amide bonds. The van der Waals surface area contributed by atoms with Crippen LogP contribution in [0.3, 0.4) is 0 Å². The molecule has 1 heterocycles. The Balaban J connectivity index is 2.16. The first kappa shape index (κ1) is 16.5. The Morgan fingerprint density at radius 3 is 2.39 bits per heavy atom. The van der Waals surface area contributed by atoms with E-state index in [2.05, 4.69) is 10.1 Å². The molecule has 0 atom stereocenters. The Labute approximate surface area is 133 Å². The van der Waals surface area contributed by atoms with Gasteiger partial charge in [-0.15, -0.1) is 0 Å². The summed E-state index contributed by atoms with van der Waals surface area (Å²) >= 11 is 0. The smallest absolute Gasteiger partial charge is 0.339 e. The van der Waals surface area contributed by atoms with Gasteiger partial charge in [0.15, 0.2) is 0 Å². The van der Waals surface area contributed by atoms with E-state index in [1.807, 2.05) is 32.0 Å². The number of rotatable bonds is 4. The summed E-state index contributed by atoms with van der Waals surface area (Å²) in [7, 11) is 1.25. The first-order chi connectivity index (χ1) is 10.9. The lowest BCUT2D eigenvalue weighted by Crippen LogP contribution is -2.27. The molecular formula is C17H18N2O4. The zero-order valence-electron chi connectivity index (χ0n) is 13.3. The summed E-state index contributed by atoms with van der Waals surface area (Å²) in [5.74, 6) is -0.910. The average molecular weight is 314 g/mol. The predicted octanol–water partition coefficient (Wildman–Crippen LogP) is 1.89. The number of nitrogens with zero attached hydrogens (tertiary/aromatic N) is 1. The molecule has 6 nitrogen and oxygen atoms in total. The summed E-state index contributed by atoms with van der Waals surface area (Å²) in [5.41, 5.74) is 2.58. The number of esters is 1. The summed E-state index contributed by atoms with van der Waals surface area (Å²) < 4.78 is 5.77. The number of aromatic nitrogens is 1. The number of amides is 1. The van der Waals surface area contributed by atoms with Crippen molar-refractivity contribution in [3.63, 3.8) is 0 Å². The van der Waals surface area contributed by atoms with Crippen LogP contribution in [-0.2, 0) is 16.1 Å². The second kappa shape index (κ2) is 6.91. The minimum Gasteiger partial charge on any atom is -0.465 e. The van der Waals surface area contributed by atoms with E-state index in [0.717, 1.165) is 11.1 Å². The van der Waals surface area contributed by atoms with Crippen molar-refractivity contribution in [3.8, 4) is 0 Å². The first-order valence-corrected chi connectivity index (χ1v) is 7.06. The molecule has 0 unspecified atom stereocenters. The van der Waals surface area contributed by atoms with E-state index in [-0.39, 0.29) is 23.6 Å². The number of pyridine rings is 1. The van der Waals surface area contributed by atoms with Gasteiger partial charge in [0, 0.05) is 18.0 Å². The van der Waals surface area contributed by atoms with E-state index in [1.54, 1.807) is 0 Å². The van der Waals surface area contributed by atoms with E-state index in [4.69, 9.17) is 0 Å². The molecule has 2 aromatic rings. The van der Waals surface area contributed by atoms with Gasteiger partial charge in [0.2, 0.25) is 5.91 Å². The van der Waals surface area contributed by atoms with E-state index >= 15 is 0 Å². The lowest BCUT2D eigenvalue weighted by atomic mass is 10.1. The van der Waals surface area contributed by atoms with Crippen LogP contribution >= 0.6 is 0 Å². The van der Waals surface area contributed by atoms with Crippen LogP contribution in [0.1, 0.15) is 21.5 Å². The Kier molecular flexibility index (Phi) is 4.95. The van der Waals surface area contributed by atoms with E-state index in [1.165, 1.54) is 30.0 Å². The maximum absolute atomic E-state index is 12.1. The molecule has 0 aliphatic carbocycles. The molecule has 0 saturated carbocycles. The summed E-state index contributed by atoms with van der Waals surface area (Å²) in [6.45, 7) is 3.69. The van der Waals surface area contributed by atoms with Crippen molar-refractivity contribution in [1.29, 1.82) is 0 Å². The van der Waals surface area contributed by atoms with Crippen molar-refractivity contribution in [1.82, 2.24) is 4.57 Å². The van der Waals surface area contributed by atoms with Gasteiger partial charge in [-0.05, 0) is 43.2 Å². The number of hydrogen-bond acceptors (Lipinski definition) is 4. The third kappa shape index (κ3) is 4.29. The fourth-order valence-electron chi connectivity index (χ4n) is 2.30. The minimum absolute atomic E-state index is 0.184. The molecule has 0 bridgehead atoms. The summed E-state index contributed by atoms with van der Waals surface area (Å²) in [5, 5.41) is 2.75. The van der Waals surface area contributed by atoms with Crippen molar-refractivity contribution in [3.05, 3.63) is 63.6 Å². The van der Waals surface area contributed by atoms with Gasteiger partial charge in [0.1, 0.15) is 6.54 Å². The van der Waals surface area contributed by atoms with Crippen LogP contribution in [0.4, 0.5) is 5.69 Å². The highest BCUT2D eigenvalue weighted by Crippen LogP contribution is 2.13. The molecule has 0 fully saturated rings. The molecule has 23 heavy (non-hydrogen) atoms. The zero-order chi connectivity index (χ0) is 17.0. The van der Waals surface area contributed by atoms with Crippen LogP contribution in [-0.4, -0.2) is 23.6 Å². The molecule has 6 heteroatoms. The third-order valence-corrected chi connectivity index (χ3v) is 3.22. The number of anilines is 1. The number of hydrogen-bond donors (Lipinski definition) is 1. The molecule has 1 aromatic heterocycles. The molecule has 0 aliphatic heterocycles. The second-order valence-electron chi connectivity index (χ2n) is 5.30. The third-order valence-electron chi connectivity index (χ3n) is 3.22. The highest BCUT2D eigenvalue weighted by Gasteiger charge is 2.10. The lowest BCUT2D eigenvalue weighted by Gasteiger charge is -2.10. The Hall–Kier alpha value is -2.89. The highest BCUT2D eigenvalue weighted by molar-refractivity contribution is 5.91. The fourth-order valence-corrected chi connectivity index (χ4v) is 2.30. The Morgan fingerprint density at radius 2 is 1.78 bits per heavy atom. The lowest BCUT2D eigenvalue weighted by molar-refractivity contribution is -0.116. The van der Waals surface area contributed by atoms with Crippen LogP contribution in [0.15, 0.2) is 41.3 Å². The van der Waals surface area contributed by atoms with Gasteiger partial charge in [-0.1, -0.05) is 6.07 Å². The molecular weight excluding hydrogens is 296 g/mol. The van der Waals surface area contributed by atoms with Crippen LogP contribution in [0, 0.1) is 13.8 Å². The fraction of sp³-hybridized carbons (Fsp3) is 0.235. The van der Waals surface area contributed by atoms with Gasteiger partial charge in [-0.25, -0.2) is 4.79 Å². The number of carbonyl (C=O) groups excluding carboxylic acids is 2. The van der Waals surface area contributed by atoms with Crippen molar-refractivity contribution in [2.45, 2.75) is 20.4 Å². The van der Waals surface area contributed by atoms with Gasteiger partial charge in [0.25, 0.3) is 5.56 Å². The molecule has 2 rings (SSSR count). The summed E-state index contributed by atoms with van der Waals surface area (Å²) in [6, 6.07) is 8.29. The van der Waals surface area contributed by atoms with Crippen molar-refractivity contribution in [2.24, 2.45) is 0 Å². The average Bonchev–Trinajstić information content (AvgIpc) is 2.47.